The van der Waals surface area contributed by atoms with Crippen LogP contribution in [0.3, 0.4) is 0 Å². The van der Waals surface area contributed by atoms with Gasteiger partial charge in [-0.25, -0.2) is 15.0 Å². The van der Waals surface area contributed by atoms with E-state index in [9.17, 15) is 4.79 Å². The summed E-state index contributed by atoms with van der Waals surface area (Å²) >= 11 is 5.70. The number of hydrogen-bond acceptors (Lipinski definition) is 6. The molecule has 4 rings (SSSR count). The van der Waals surface area contributed by atoms with Crippen LogP contribution in [0.2, 0.25) is 5.28 Å². The summed E-state index contributed by atoms with van der Waals surface area (Å²) in [7, 11) is 0. The normalized spacial score (nSPS) is 14.8. The Balaban J connectivity index is 1.55. The number of pyridine rings is 1. The molecule has 0 radical (unpaired) electrons. The highest BCUT2D eigenvalue weighted by Gasteiger charge is 2.49. The fourth-order valence-electron chi connectivity index (χ4n) is 2.69. The number of amides is 1. The Morgan fingerprint density at radius 2 is 2.00 bits per heavy atom. The zero-order chi connectivity index (χ0) is 18.1. The molecule has 0 aliphatic heterocycles. The molecule has 1 aliphatic rings. The van der Waals surface area contributed by atoms with E-state index in [4.69, 9.17) is 22.1 Å². The van der Waals surface area contributed by atoms with Crippen molar-refractivity contribution in [2.75, 3.05) is 11.9 Å². The van der Waals surface area contributed by atoms with Gasteiger partial charge in [0, 0.05) is 11.6 Å². The van der Waals surface area contributed by atoms with Crippen molar-refractivity contribution in [2.24, 2.45) is 11.1 Å². The summed E-state index contributed by atoms with van der Waals surface area (Å²) in [6.07, 6.45) is 6.46. The SMILES string of the molecule is NC(=O)C1(COc2ccc3c(Nc4cnc(Cl)nc4)nccc3c2)CC1. The lowest BCUT2D eigenvalue weighted by Crippen LogP contribution is -2.30. The summed E-state index contributed by atoms with van der Waals surface area (Å²) in [6.45, 7) is 0.312. The van der Waals surface area contributed by atoms with Crippen LogP contribution in [0.15, 0.2) is 42.9 Å². The van der Waals surface area contributed by atoms with Gasteiger partial charge in [0.25, 0.3) is 0 Å². The second kappa shape index (κ2) is 6.42. The quantitative estimate of drug-likeness (QED) is 0.647. The Hall–Kier alpha value is -2.93. The van der Waals surface area contributed by atoms with E-state index in [0.29, 0.717) is 23.9 Å². The lowest BCUT2D eigenvalue weighted by molar-refractivity contribution is -0.124. The van der Waals surface area contributed by atoms with E-state index in [1.54, 1.807) is 18.6 Å². The fourth-order valence-corrected chi connectivity index (χ4v) is 2.79. The molecule has 0 atom stereocenters. The Morgan fingerprint density at radius 3 is 2.69 bits per heavy atom. The van der Waals surface area contributed by atoms with E-state index in [0.717, 1.165) is 23.6 Å². The monoisotopic (exact) mass is 369 g/mol. The maximum Gasteiger partial charge on any atom is 0.227 e. The maximum atomic E-state index is 11.5. The van der Waals surface area contributed by atoms with Gasteiger partial charge < -0.3 is 15.8 Å². The number of hydrogen-bond donors (Lipinski definition) is 2. The second-order valence-corrected chi connectivity index (χ2v) is 6.68. The van der Waals surface area contributed by atoms with Gasteiger partial charge in [-0.3, -0.25) is 4.79 Å². The molecule has 2 aromatic heterocycles. The van der Waals surface area contributed by atoms with Crippen molar-refractivity contribution in [3.8, 4) is 5.75 Å². The molecule has 0 unspecified atom stereocenters. The highest BCUT2D eigenvalue weighted by Crippen LogP contribution is 2.45. The number of rotatable bonds is 6. The van der Waals surface area contributed by atoms with Crippen molar-refractivity contribution in [3.63, 3.8) is 0 Å². The van der Waals surface area contributed by atoms with Gasteiger partial charge in [-0.1, -0.05) is 0 Å². The molecule has 8 heteroatoms. The van der Waals surface area contributed by atoms with Crippen molar-refractivity contribution in [1.82, 2.24) is 15.0 Å². The van der Waals surface area contributed by atoms with Crippen LogP contribution in [0, 0.1) is 5.41 Å². The molecule has 3 aromatic rings. The van der Waals surface area contributed by atoms with Gasteiger partial charge in [0.05, 0.1) is 23.5 Å². The third-order valence-corrected chi connectivity index (χ3v) is 4.71. The summed E-state index contributed by atoms with van der Waals surface area (Å²) in [6, 6.07) is 7.58. The molecular formula is C18H16ClN5O2. The van der Waals surface area contributed by atoms with Gasteiger partial charge in [-0.2, -0.15) is 0 Å². The predicted octanol–water partition coefficient (Wildman–Crippen LogP) is 3.07. The molecule has 132 valence electrons. The molecule has 0 spiro atoms. The van der Waals surface area contributed by atoms with E-state index in [1.807, 2.05) is 24.3 Å². The van der Waals surface area contributed by atoms with Crippen LogP contribution < -0.4 is 15.8 Å². The van der Waals surface area contributed by atoms with Crippen molar-refractivity contribution < 1.29 is 9.53 Å². The number of nitrogens with one attached hydrogen (secondary N) is 1. The van der Waals surface area contributed by atoms with Crippen LogP contribution >= 0.6 is 11.6 Å². The molecule has 3 N–H and O–H groups in total. The molecule has 0 bridgehead atoms. The first-order valence-corrected chi connectivity index (χ1v) is 8.50. The number of carbonyl (C=O) groups is 1. The van der Waals surface area contributed by atoms with Crippen LogP contribution in [0.5, 0.6) is 5.75 Å². The van der Waals surface area contributed by atoms with Crippen LogP contribution in [0.1, 0.15) is 12.8 Å². The number of fused-ring (bicyclic) bond motifs is 1. The molecule has 26 heavy (non-hydrogen) atoms. The largest absolute Gasteiger partial charge is 0.492 e. The zero-order valence-electron chi connectivity index (χ0n) is 13.8. The van der Waals surface area contributed by atoms with Crippen LogP contribution in [-0.4, -0.2) is 27.5 Å². The van der Waals surface area contributed by atoms with Crippen molar-refractivity contribution in [3.05, 3.63) is 48.1 Å². The van der Waals surface area contributed by atoms with Gasteiger partial charge in [-0.05, 0) is 54.1 Å². The molecule has 1 fully saturated rings. The lowest BCUT2D eigenvalue weighted by Gasteiger charge is -2.14. The summed E-state index contributed by atoms with van der Waals surface area (Å²) in [5.74, 6) is 1.08. The Morgan fingerprint density at radius 1 is 1.23 bits per heavy atom. The lowest BCUT2D eigenvalue weighted by atomic mass is 10.1. The first kappa shape index (κ1) is 16.5. The summed E-state index contributed by atoms with van der Waals surface area (Å²) in [4.78, 5) is 23.7. The Labute approximate surface area is 154 Å². The van der Waals surface area contributed by atoms with Gasteiger partial charge in [-0.15, -0.1) is 0 Å². The molecule has 7 nitrogen and oxygen atoms in total. The van der Waals surface area contributed by atoms with Crippen LogP contribution in [-0.2, 0) is 4.79 Å². The number of carbonyl (C=O) groups excluding carboxylic acids is 1. The Bertz CT molecular complexity index is 973. The van der Waals surface area contributed by atoms with Crippen molar-refractivity contribution >= 4 is 39.8 Å². The highest BCUT2D eigenvalue weighted by molar-refractivity contribution is 6.28. The van der Waals surface area contributed by atoms with Crippen LogP contribution in [0.25, 0.3) is 10.8 Å². The summed E-state index contributed by atoms with van der Waals surface area (Å²) < 4.78 is 5.80. The second-order valence-electron chi connectivity index (χ2n) is 6.34. The average Bonchev–Trinajstić information content (AvgIpc) is 3.43. The van der Waals surface area contributed by atoms with Gasteiger partial charge in [0.2, 0.25) is 11.2 Å². The minimum atomic E-state index is -0.492. The Kier molecular flexibility index (Phi) is 4.08. The number of anilines is 2. The minimum Gasteiger partial charge on any atom is -0.492 e. The molecule has 1 aliphatic carbocycles. The van der Waals surface area contributed by atoms with Gasteiger partial charge in [0.15, 0.2) is 0 Å². The minimum absolute atomic E-state index is 0.188. The van der Waals surface area contributed by atoms with Crippen molar-refractivity contribution in [1.29, 1.82) is 0 Å². The average molecular weight is 370 g/mol. The first-order valence-electron chi connectivity index (χ1n) is 8.12. The van der Waals surface area contributed by atoms with E-state index in [2.05, 4.69) is 20.3 Å². The first-order chi connectivity index (χ1) is 12.6. The third kappa shape index (κ3) is 3.25. The smallest absolute Gasteiger partial charge is 0.227 e. The van der Waals surface area contributed by atoms with Crippen molar-refractivity contribution in [2.45, 2.75) is 12.8 Å². The molecule has 1 saturated carbocycles. The van der Waals surface area contributed by atoms with Gasteiger partial charge >= 0.3 is 0 Å². The molecule has 1 amide bonds. The standard InChI is InChI=1S/C18H16ClN5O2/c19-17-22-8-12(9-23-17)24-15-14-2-1-13(7-11(14)3-6-21-15)26-10-18(4-5-18)16(20)25/h1-3,6-9H,4-5,10H2,(H2,20,25)(H,21,24). The summed E-state index contributed by atoms with van der Waals surface area (Å²) in [5, 5.41) is 5.24. The predicted molar refractivity (Wildman–Crippen MR) is 98.4 cm³/mol. The maximum absolute atomic E-state index is 11.5. The van der Waals surface area contributed by atoms with E-state index >= 15 is 0 Å². The van der Waals surface area contributed by atoms with E-state index in [-0.39, 0.29) is 11.2 Å². The molecule has 0 saturated heterocycles. The van der Waals surface area contributed by atoms with E-state index in [1.165, 1.54) is 0 Å². The number of nitrogens with two attached hydrogens (primary N) is 1. The molecule has 2 heterocycles. The number of nitrogens with zero attached hydrogens (tertiary/aromatic N) is 3. The molecule has 1 aromatic carbocycles. The number of benzene rings is 1. The number of aromatic nitrogens is 3. The molecular weight excluding hydrogens is 354 g/mol. The topological polar surface area (TPSA) is 103 Å². The van der Waals surface area contributed by atoms with Crippen LogP contribution in [0.4, 0.5) is 11.5 Å². The van der Waals surface area contributed by atoms with Gasteiger partial charge in [0.1, 0.15) is 18.2 Å². The van der Waals surface area contributed by atoms with E-state index < -0.39 is 5.41 Å². The fraction of sp³-hybridized carbons (Fsp3) is 0.222. The number of primary amides is 1. The number of ether oxygens (including phenoxy) is 1. The summed E-state index contributed by atoms with van der Waals surface area (Å²) in [5.41, 5.74) is 5.63. The highest BCUT2D eigenvalue weighted by atomic mass is 35.5. The third-order valence-electron chi connectivity index (χ3n) is 4.51. The number of halogens is 1. The zero-order valence-corrected chi connectivity index (χ0v) is 14.5.